The van der Waals surface area contributed by atoms with Crippen LogP contribution in [0.15, 0.2) is 24.7 Å². The minimum atomic E-state index is -0.136. The average molecular weight is 341 g/mol. The first kappa shape index (κ1) is 17.1. The Labute approximate surface area is 147 Å². The Balaban J connectivity index is 1.66. The zero-order valence-electron chi connectivity index (χ0n) is 14.8. The first-order valence-electron chi connectivity index (χ1n) is 8.38. The third-order valence-corrected chi connectivity index (χ3v) is 4.20. The number of carbonyl (C=O) groups excluding carboxylic acids is 1. The van der Waals surface area contributed by atoms with E-state index in [9.17, 15) is 4.79 Å². The highest BCUT2D eigenvalue weighted by molar-refractivity contribution is 5.95. The van der Waals surface area contributed by atoms with Gasteiger partial charge in [0.15, 0.2) is 0 Å². The van der Waals surface area contributed by atoms with Crippen LogP contribution >= 0.6 is 0 Å². The summed E-state index contributed by atoms with van der Waals surface area (Å²) in [7, 11) is 3.74. The minimum Gasteiger partial charge on any atom is -0.347 e. The lowest BCUT2D eigenvalue weighted by Gasteiger charge is -2.33. The van der Waals surface area contributed by atoms with Crippen LogP contribution in [0.1, 0.15) is 28.9 Å². The van der Waals surface area contributed by atoms with E-state index in [0.29, 0.717) is 29.7 Å². The fourth-order valence-corrected chi connectivity index (χ4v) is 2.89. The summed E-state index contributed by atoms with van der Waals surface area (Å²) in [5.41, 5.74) is 1.19. The third-order valence-electron chi connectivity index (χ3n) is 4.20. The number of aromatic nitrogens is 4. The number of piperidine rings is 1. The number of rotatable bonds is 4. The molecule has 132 valence electrons. The van der Waals surface area contributed by atoms with Crippen molar-refractivity contribution in [1.82, 2.24) is 25.3 Å². The summed E-state index contributed by atoms with van der Waals surface area (Å²) in [4.78, 5) is 33.7. The molecule has 1 unspecified atom stereocenters. The van der Waals surface area contributed by atoms with Gasteiger partial charge in [0.2, 0.25) is 11.9 Å². The van der Waals surface area contributed by atoms with Gasteiger partial charge in [0.1, 0.15) is 0 Å². The zero-order valence-corrected chi connectivity index (χ0v) is 14.8. The second-order valence-electron chi connectivity index (χ2n) is 6.37. The van der Waals surface area contributed by atoms with Crippen LogP contribution in [0.2, 0.25) is 0 Å². The van der Waals surface area contributed by atoms with Gasteiger partial charge in [-0.15, -0.1) is 0 Å². The highest BCUT2D eigenvalue weighted by atomic mass is 16.1. The van der Waals surface area contributed by atoms with Crippen LogP contribution in [0, 0.1) is 6.92 Å². The number of hydrogen-bond acceptors (Lipinski definition) is 7. The van der Waals surface area contributed by atoms with E-state index in [0.717, 1.165) is 19.4 Å². The maximum Gasteiger partial charge on any atom is 0.254 e. The van der Waals surface area contributed by atoms with Crippen molar-refractivity contribution in [2.45, 2.75) is 25.8 Å². The standard InChI is InChI=1S/C17H23N7O/c1-12-14(10-20-17(21-12)23(2)3)15(25)22-13-6-4-9-24(11-13)16-18-7-5-8-19-16/h5,7-8,10,13H,4,6,9,11H2,1-3H3,(H,22,25). The number of nitrogens with one attached hydrogen (secondary N) is 1. The van der Waals surface area contributed by atoms with E-state index >= 15 is 0 Å². The van der Waals surface area contributed by atoms with Gasteiger partial charge in [-0.1, -0.05) is 0 Å². The van der Waals surface area contributed by atoms with Crippen molar-refractivity contribution in [3.8, 4) is 0 Å². The molecule has 0 aromatic carbocycles. The Hall–Kier alpha value is -2.77. The van der Waals surface area contributed by atoms with Crippen molar-refractivity contribution in [1.29, 1.82) is 0 Å². The van der Waals surface area contributed by atoms with Crippen molar-refractivity contribution in [3.05, 3.63) is 35.9 Å². The van der Waals surface area contributed by atoms with Gasteiger partial charge >= 0.3 is 0 Å². The van der Waals surface area contributed by atoms with Crippen LogP contribution in [0.25, 0.3) is 0 Å². The third kappa shape index (κ3) is 4.01. The molecule has 3 rings (SSSR count). The van der Waals surface area contributed by atoms with Crippen LogP contribution < -0.4 is 15.1 Å². The Morgan fingerprint density at radius 2 is 2.04 bits per heavy atom. The first-order chi connectivity index (χ1) is 12.0. The predicted octanol–water partition coefficient (Wildman–Crippen LogP) is 1.04. The van der Waals surface area contributed by atoms with Gasteiger partial charge in [0, 0.05) is 51.8 Å². The molecule has 0 saturated carbocycles. The van der Waals surface area contributed by atoms with E-state index in [4.69, 9.17) is 0 Å². The second-order valence-corrected chi connectivity index (χ2v) is 6.37. The van der Waals surface area contributed by atoms with E-state index < -0.39 is 0 Å². The Kier molecular flexibility index (Phi) is 5.06. The average Bonchev–Trinajstić information content (AvgIpc) is 2.62. The van der Waals surface area contributed by atoms with Crippen molar-refractivity contribution in [3.63, 3.8) is 0 Å². The van der Waals surface area contributed by atoms with Gasteiger partial charge < -0.3 is 15.1 Å². The molecule has 0 spiro atoms. The largest absolute Gasteiger partial charge is 0.347 e. The molecule has 0 aliphatic carbocycles. The summed E-state index contributed by atoms with van der Waals surface area (Å²) >= 11 is 0. The number of aryl methyl sites for hydroxylation is 1. The quantitative estimate of drug-likeness (QED) is 0.889. The molecule has 2 aromatic rings. The summed E-state index contributed by atoms with van der Waals surface area (Å²) in [6.07, 6.45) is 6.98. The first-order valence-corrected chi connectivity index (χ1v) is 8.38. The number of nitrogens with zero attached hydrogens (tertiary/aromatic N) is 6. The maximum atomic E-state index is 12.6. The summed E-state index contributed by atoms with van der Waals surface area (Å²) in [5, 5.41) is 3.09. The number of amides is 1. The summed E-state index contributed by atoms with van der Waals surface area (Å²) in [6, 6.07) is 1.85. The number of carbonyl (C=O) groups is 1. The van der Waals surface area contributed by atoms with Gasteiger partial charge in [-0.25, -0.2) is 19.9 Å². The lowest BCUT2D eigenvalue weighted by molar-refractivity contribution is 0.0931. The fraction of sp³-hybridized carbons (Fsp3) is 0.471. The molecule has 1 atom stereocenters. The summed E-state index contributed by atoms with van der Waals surface area (Å²) in [6.45, 7) is 3.43. The zero-order chi connectivity index (χ0) is 17.8. The highest BCUT2D eigenvalue weighted by Gasteiger charge is 2.24. The van der Waals surface area contributed by atoms with Crippen LogP contribution in [0.5, 0.6) is 0 Å². The van der Waals surface area contributed by atoms with E-state index in [1.165, 1.54) is 0 Å². The highest BCUT2D eigenvalue weighted by Crippen LogP contribution is 2.16. The van der Waals surface area contributed by atoms with Crippen molar-refractivity contribution in [2.75, 3.05) is 37.0 Å². The lowest BCUT2D eigenvalue weighted by atomic mass is 10.1. The van der Waals surface area contributed by atoms with Crippen molar-refractivity contribution < 1.29 is 4.79 Å². The predicted molar refractivity (Wildman–Crippen MR) is 95.8 cm³/mol. The number of anilines is 2. The van der Waals surface area contributed by atoms with E-state index in [2.05, 4.69) is 30.2 Å². The molecule has 25 heavy (non-hydrogen) atoms. The molecule has 1 aliphatic rings. The molecule has 1 N–H and O–H groups in total. The van der Waals surface area contributed by atoms with E-state index in [1.54, 1.807) is 24.7 Å². The SMILES string of the molecule is Cc1nc(N(C)C)ncc1C(=O)NC1CCCN(c2ncccn2)C1. The summed E-state index contributed by atoms with van der Waals surface area (Å²) in [5.74, 6) is 1.17. The number of hydrogen-bond donors (Lipinski definition) is 1. The molecule has 1 amide bonds. The van der Waals surface area contributed by atoms with Crippen molar-refractivity contribution in [2.24, 2.45) is 0 Å². The monoisotopic (exact) mass is 341 g/mol. The molecular formula is C17H23N7O. The van der Waals surface area contributed by atoms with Gasteiger partial charge in [0.05, 0.1) is 11.3 Å². The normalized spacial score (nSPS) is 17.2. The minimum absolute atomic E-state index is 0.0537. The van der Waals surface area contributed by atoms with Crippen LogP contribution in [0.4, 0.5) is 11.9 Å². The Bertz CT molecular complexity index is 735. The summed E-state index contributed by atoms with van der Waals surface area (Å²) < 4.78 is 0. The Morgan fingerprint density at radius 3 is 2.72 bits per heavy atom. The maximum absolute atomic E-state index is 12.6. The van der Waals surface area contributed by atoms with E-state index in [-0.39, 0.29) is 11.9 Å². The smallest absolute Gasteiger partial charge is 0.254 e. The van der Waals surface area contributed by atoms with Crippen LogP contribution in [-0.2, 0) is 0 Å². The van der Waals surface area contributed by atoms with Gasteiger partial charge in [-0.2, -0.15) is 0 Å². The second kappa shape index (κ2) is 7.42. The fourth-order valence-electron chi connectivity index (χ4n) is 2.89. The lowest BCUT2D eigenvalue weighted by Crippen LogP contribution is -2.48. The molecule has 2 aromatic heterocycles. The van der Waals surface area contributed by atoms with Crippen LogP contribution in [-0.4, -0.2) is 59.1 Å². The topological polar surface area (TPSA) is 87.1 Å². The molecule has 0 bridgehead atoms. The molecule has 8 heteroatoms. The van der Waals surface area contributed by atoms with Crippen LogP contribution in [0.3, 0.4) is 0 Å². The van der Waals surface area contributed by atoms with Gasteiger partial charge in [0.25, 0.3) is 5.91 Å². The molecule has 8 nitrogen and oxygen atoms in total. The van der Waals surface area contributed by atoms with Gasteiger partial charge in [-0.05, 0) is 25.8 Å². The van der Waals surface area contributed by atoms with Gasteiger partial charge in [-0.3, -0.25) is 4.79 Å². The molecule has 1 saturated heterocycles. The Morgan fingerprint density at radius 1 is 1.28 bits per heavy atom. The molecule has 0 radical (unpaired) electrons. The molecule has 1 aliphatic heterocycles. The molecule has 3 heterocycles. The van der Waals surface area contributed by atoms with E-state index in [1.807, 2.05) is 25.9 Å². The molecule has 1 fully saturated rings. The van der Waals surface area contributed by atoms with Crippen molar-refractivity contribution >= 4 is 17.8 Å². The molecular weight excluding hydrogens is 318 g/mol.